The normalized spacial score (nSPS) is 14.4. The number of nitrogens with zero attached hydrogens (tertiary/aromatic N) is 3. The third kappa shape index (κ3) is 10.1. The number of carbonyl (C=O) groups is 6. The molecule has 0 bridgehead atoms. The third-order valence-corrected chi connectivity index (χ3v) is 4.70. The molecule has 0 fully saturated rings. The Morgan fingerprint density at radius 3 is 1.66 bits per heavy atom. The number of hydrogen-bond acceptors (Lipinski definition) is 8. The lowest BCUT2D eigenvalue weighted by Gasteiger charge is -2.33. The lowest BCUT2D eigenvalue weighted by atomic mass is 10.0. The molecule has 1 aliphatic heterocycles. The second-order valence-electron chi connectivity index (χ2n) is 7.31. The van der Waals surface area contributed by atoms with Gasteiger partial charge in [0.05, 0.1) is 26.2 Å². The van der Waals surface area contributed by atoms with Crippen molar-refractivity contribution in [3.8, 4) is 0 Å². The van der Waals surface area contributed by atoms with E-state index in [0.717, 1.165) is 14.7 Å². The highest BCUT2D eigenvalue weighted by Crippen LogP contribution is 2.14. The lowest BCUT2D eigenvalue weighted by molar-refractivity contribution is -0.146. The van der Waals surface area contributed by atoms with Crippen LogP contribution in [-0.2, 0) is 28.8 Å². The average molecular weight is 457 g/mol. The van der Waals surface area contributed by atoms with E-state index in [1.165, 1.54) is 12.2 Å². The van der Waals surface area contributed by atoms with Gasteiger partial charge in [-0.15, -0.1) is 0 Å². The number of imide groups is 1. The van der Waals surface area contributed by atoms with Crippen LogP contribution in [0.3, 0.4) is 0 Å². The van der Waals surface area contributed by atoms with E-state index in [-0.39, 0.29) is 19.5 Å². The molecule has 0 aliphatic carbocycles. The first-order valence-electron chi connectivity index (χ1n) is 9.86. The van der Waals surface area contributed by atoms with E-state index in [9.17, 15) is 28.8 Å². The van der Waals surface area contributed by atoms with Crippen molar-refractivity contribution in [3.05, 3.63) is 12.2 Å². The fourth-order valence-corrected chi connectivity index (χ4v) is 3.39. The molecular formula is C19H27N3O10. The van der Waals surface area contributed by atoms with Crippen molar-refractivity contribution in [3.63, 3.8) is 0 Å². The summed E-state index contributed by atoms with van der Waals surface area (Å²) in [5.74, 6) is -5.92. The van der Waals surface area contributed by atoms with Gasteiger partial charge in [-0.05, 0) is 12.8 Å². The maximum absolute atomic E-state index is 11.5. The summed E-state index contributed by atoms with van der Waals surface area (Å²) in [7, 11) is 0. The Labute approximate surface area is 183 Å². The molecule has 0 spiro atoms. The summed E-state index contributed by atoms with van der Waals surface area (Å²) in [6, 6.07) is -0.738. The molecule has 0 saturated carbocycles. The lowest BCUT2D eigenvalue weighted by Crippen LogP contribution is -2.50. The van der Waals surface area contributed by atoms with Gasteiger partial charge in [-0.1, -0.05) is 12.8 Å². The van der Waals surface area contributed by atoms with Crippen molar-refractivity contribution in [1.29, 1.82) is 0 Å². The number of carbonyl (C=O) groups excluding carboxylic acids is 2. The van der Waals surface area contributed by atoms with Crippen LogP contribution in [0.25, 0.3) is 0 Å². The summed E-state index contributed by atoms with van der Waals surface area (Å²) in [5, 5.41) is 36.3. The summed E-state index contributed by atoms with van der Waals surface area (Å²) < 4.78 is 0. The summed E-state index contributed by atoms with van der Waals surface area (Å²) >= 11 is 0. The van der Waals surface area contributed by atoms with Gasteiger partial charge < -0.3 is 20.4 Å². The fourth-order valence-electron chi connectivity index (χ4n) is 3.39. The van der Waals surface area contributed by atoms with Crippen molar-refractivity contribution < 1.29 is 49.2 Å². The summed E-state index contributed by atoms with van der Waals surface area (Å²) in [4.78, 5) is 71.0. The van der Waals surface area contributed by atoms with Crippen LogP contribution >= 0.6 is 0 Å². The predicted octanol–water partition coefficient (Wildman–Crippen LogP) is -1.22. The molecule has 1 atom stereocenters. The average Bonchev–Trinajstić information content (AvgIpc) is 2.96. The Hall–Kier alpha value is -3.32. The predicted molar refractivity (Wildman–Crippen MR) is 107 cm³/mol. The Kier molecular flexibility index (Phi) is 11.0. The number of unbranched alkanes of at least 4 members (excludes halogenated alkanes) is 2. The van der Waals surface area contributed by atoms with Crippen LogP contribution in [0.5, 0.6) is 0 Å². The molecule has 0 aromatic rings. The first-order valence-corrected chi connectivity index (χ1v) is 9.86. The van der Waals surface area contributed by atoms with E-state index >= 15 is 0 Å². The van der Waals surface area contributed by atoms with Crippen LogP contribution in [0.2, 0.25) is 0 Å². The van der Waals surface area contributed by atoms with E-state index in [4.69, 9.17) is 20.4 Å². The van der Waals surface area contributed by atoms with E-state index in [1.54, 1.807) is 0 Å². The van der Waals surface area contributed by atoms with E-state index in [1.807, 2.05) is 0 Å². The second kappa shape index (κ2) is 13.2. The van der Waals surface area contributed by atoms with Crippen molar-refractivity contribution in [1.82, 2.24) is 14.7 Å². The van der Waals surface area contributed by atoms with E-state index in [2.05, 4.69) is 0 Å². The number of carboxylic acids is 4. The second-order valence-corrected chi connectivity index (χ2v) is 7.31. The number of amides is 2. The van der Waals surface area contributed by atoms with Gasteiger partial charge in [-0.3, -0.25) is 43.5 Å². The van der Waals surface area contributed by atoms with Crippen molar-refractivity contribution in [2.75, 3.05) is 39.3 Å². The largest absolute Gasteiger partial charge is 0.480 e. The van der Waals surface area contributed by atoms with Crippen LogP contribution in [0.1, 0.15) is 25.7 Å². The molecular weight excluding hydrogens is 430 g/mol. The molecule has 13 nitrogen and oxygen atoms in total. The highest BCUT2D eigenvalue weighted by atomic mass is 16.4. The van der Waals surface area contributed by atoms with Crippen LogP contribution < -0.4 is 0 Å². The van der Waals surface area contributed by atoms with Gasteiger partial charge in [0.15, 0.2) is 0 Å². The van der Waals surface area contributed by atoms with Crippen LogP contribution in [0, 0.1) is 0 Å². The molecule has 0 aromatic heterocycles. The van der Waals surface area contributed by atoms with Gasteiger partial charge in [0.25, 0.3) is 11.8 Å². The zero-order valence-corrected chi connectivity index (χ0v) is 17.4. The molecule has 0 saturated heterocycles. The van der Waals surface area contributed by atoms with Crippen molar-refractivity contribution in [2.24, 2.45) is 0 Å². The van der Waals surface area contributed by atoms with Gasteiger partial charge >= 0.3 is 23.9 Å². The summed E-state index contributed by atoms with van der Waals surface area (Å²) in [5.41, 5.74) is 0. The van der Waals surface area contributed by atoms with E-state index in [0.29, 0.717) is 19.3 Å². The van der Waals surface area contributed by atoms with Crippen LogP contribution in [0.4, 0.5) is 0 Å². The van der Waals surface area contributed by atoms with E-state index < -0.39 is 67.9 Å². The molecule has 1 unspecified atom stereocenters. The van der Waals surface area contributed by atoms with Gasteiger partial charge in [-0.25, -0.2) is 0 Å². The summed E-state index contributed by atoms with van der Waals surface area (Å²) in [6.45, 7) is -2.41. The quantitative estimate of drug-likeness (QED) is 0.150. The minimum absolute atomic E-state index is 0.161. The molecule has 178 valence electrons. The molecule has 13 heteroatoms. The first-order chi connectivity index (χ1) is 15.0. The SMILES string of the molecule is O=C(O)CN(CC(=O)O)CC(CCCCCN1C(=O)C=CC1=O)N(CC(=O)O)CC(=O)O. The highest BCUT2D eigenvalue weighted by Gasteiger charge is 2.27. The van der Waals surface area contributed by atoms with Gasteiger partial charge in [0, 0.05) is 31.3 Å². The summed E-state index contributed by atoms with van der Waals surface area (Å²) in [6.07, 6.45) is 4.06. The van der Waals surface area contributed by atoms with Crippen molar-refractivity contribution in [2.45, 2.75) is 31.7 Å². The standard InChI is InChI=1S/C19H27N3O10/c23-14-5-6-15(24)22(14)7-3-1-2-4-13(21(11-18(29)30)12-19(31)32)8-20(9-16(25)26)10-17(27)28/h5-6,13H,1-4,7-12H2,(H,25,26)(H,27,28)(H,29,30)(H,31,32). The number of hydrogen-bond donors (Lipinski definition) is 4. The van der Waals surface area contributed by atoms with Crippen LogP contribution in [-0.4, -0.2) is 116 Å². The molecule has 2 amide bonds. The Balaban J connectivity index is 2.79. The number of rotatable bonds is 17. The maximum atomic E-state index is 11.5. The smallest absolute Gasteiger partial charge is 0.317 e. The monoisotopic (exact) mass is 457 g/mol. The maximum Gasteiger partial charge on any atom is 0.317 e. The topological polar surface area (TPSA) is 193 Å². The van der Waals surface area contributed by atoms with Gasteiger partial charge in [0.2, 0.25) is 0 Å². The minimum atomic E-state index is -1.28. The first kappa shape index (κ1) is 26.7. The zero-order chi connectivity index (χ0) is 24.3. The Morgan fingerprint density at radius 2 is 1.22 bits per heavy atom. The Morgan fingerprint density at radius 1 is 0.750 bits per heavy atom. The third-order valence-electron chi connectivity index (χ3n) is 4.70. The molecule has 4 N–H and O–H groups in total. The number of carboxylic acid groups (broad SMARTS) is 4. The minimum Gasteiger partial charge on any atom is -0.480 e. The number of aliphatic carboxylic acids is 4. The fraction of sp³-hybridized carbons (Fsp3) is 0.579. The molecule has 1 heterocycles. The van der Waals surface area contributed by atoms with Gasteiger partial charge in [0.1, 0.15) is 0 Å². The molecule has 32 heavy (non-hydrogen) atoms. The molecule has 0 aromatic carbocycles. The highest BCUT2D eigenvalue weighted by molar-refractivity contribution is 6.12. The zero-order valence-electron chi connectivity index (χ0n) is 17.4. The molecule has 1 rings (SSSR count). The molecule has 1 aliphatic rings. The molecule has 0 radical (unpaired) electrons. The Bertz CT molecular complexity index is 716. The van der Waals surface area contributed by atoms with Crippen molar-refractivity contribution >= 4 is 35.7 Å². The van der Waals surface area contributed by atoms with Gasteiger partial charge in [-0.2, -0.15) is 0 Å². The van der Waals surface area contributed by atoms with Crippen LogP contribution in [0.15, 0.2) is 12.2 Å².